The Labute approximate surface area is 150 Å². The SMILES string of the molecule is CCOc1ccc(C(C)NC(=O)C2CCN(C(=O)C(C)C)CC2)cc1. The van der Waals surface area contributed by atoms with Gasteiger partial charge in [-0.15, -0.1) is 0 Å². The highest BCUT2D eigenvalue weighted by molar-refractivity contribution is 5.81. The van der Waals surface area contributed by atoms with Crippen LogP contribution in [0.4, 0.5) is 0 Å². The molecule has 0 aliphatic carbocycles. The van der Waals surface area contributed by atoms with E-state index in [2.05, 4.69) is 5.32 Å². The average molecular weight is 346 g/mol. The molecule has 1 N–H and O–H groups in total. The van der Waals surface area contributed by atoms with Gasteiger partial charge in [0.2, 0.25) is 11.8 Å². The number of piperidine rings is 1. The van der Waals surface area contributed by atoms with Crippen molar-refractivity contribution in [2.45, 2.75) is 46.6 Å². The van der Waals surface area contributed by atoms with E-state index in [1.807, 2.05) is 56.9 Å². The third-order valence-corrected chi connectivity index (χ3v) is 4.72. The second-order valence-electron chi connectivity index (χ2n) is 6.99. The van der Waals surface area contributed by atoms with Gasteiger partial charge in [-0.25, -0.2) is 0 Å². The second kappa shape index (κ2) is 8.88. The number of nitrogens with one attached hydrogen (secondary N) is 1. The molecule has 0 radical (unpaired) electrons. The molecule has 0 bridgehead atoms. The van der Waals surface area contributed by atoms with Crippen molar-refractivity contribution < 1.29 is 14.3 Å². The molecule has 1 fully saturated rings. The fraction of sp³-hybridized carbons (Fsp3) is 0.600. The van der Waals surface area contributed by atoms with E-state index < -0.39 is 0 Å². The Morgan fingerprint density at radius 1 is 1.16 bits per heavy atom. The predicted molar refractivity (Wildman–Crippen MR) is 98.3 cm³/mol. The van der Waals surface area contributed by atoms with Gasteiger partial charge >= 0.3 is 0 Å². The minimum Gasteiger partial charge on any atom is -0.494 e. The standard InChI is InChI=1S/C20H30N2O3/c1-5-25-18-8-6-16(7-9-18)15(4)21-19(23)17-10-12-22(13-11-17)20(24)14(2)3/h6-9,14-15,17H,5,10-13H2,1-4H3,(H,21,23). The minimum atomic E-state index is -0.0431. The Balaban J connectivity index is 1.84. The number of hydrogen-bond acceptors (Lipinski definition) is 3. The van der Waals surface area contributed by atoms with Crippen LogP contribution in [0.5, 0.6) is 5.75 Å². The van der Waals surface area contributed by atoms with Crippen LogP contribution >= 0.6 is 0 Å². The fourth-order valence-electron chi connectivity index (χ4n) is 3.16. The van der Waals surface area contributed by atoms with Crippen molar-refractivity contribution in [2.75, 3.05) is 19.7 Å². The normalized spacial score (nSPS) is 16.6. The van der Waals surface area contributed by atoms with Crippen LogP contribution in [0.1, 0.15) is 52.1 Å². The topological polar surface area (TPSA) is 58.6 Å². The van der Waals surface area contributed by atoms with Crippen molar-refractivity contribution in [1.29, 1.82) is 0 Å². The molecule has 2 rings (SSSR count). The lowest BCUT2D eigenvalue weighted by Gasteiger charge is -2.33. The summed E-state index contributed by atoms with van der Waals surface area (Å²) in [5.41, 5.74) is 1.06. The lowest BCUT2D eigenvalue weighted by Crippen LogP contribution is -2.44. The summed E-state index contributed by atoms with van der Waals surface area (Å²) in [6.07, 6.45) is 1.47. The fourth-order valence-corrected chi connectivity index (χ4v) is 3.16. The maximum atomic E-state index is 12.5. The van der Waals surface area contributed by atoms with E-state index in [9.17, 15) is 9.59 Å². The van der Waals surface area contributed by atoms with Gasteiger partial charge in [-0.1, -0.05) is 26.0 Å². The first-order chi connectivity index (χ1) is 11.9. The third kappa shape index (κ3) is 5.21. The summed E-state index contributed by atoms with van der Waals surface area (Å²) in [5.74, 6) is 1.11. The monoisotopic (exact) mass is 346 g/mol. The van der Waals surface area contributed by atoms with Crippen LogP contribution in [-0.4, -0.2) is 36.4 Å². The number of benzene rings is 1. The molecule has 5 heteroatoms. The van der Waals surface area contributed by atoms with Crippen LogP contribution < -0.4 is 10.1 Å². The van der Waals surface area contributed by atoms with E-state index >= 15 is 0 Å². The number of amides is 2. The zero-order chi connectivity index (χ0) is 18.4. The summed E-state index contributed by atoms with van der Waals surface area (Å²) < 4.78 is 5.44. The lowest BCUT2D eigenvalue weighted by molar-refractivity contribution is -0.138. The van der Waals surface area contributed by atoms with E-state index in [-0.39, 0.29) is 29.7 Å². The van der Waals surface area contributed by atoms with Crippen LogP contribution in [-0.2, 0) is 9.59 Å². The number of carbonyl (C=O) groups excluding carboxylic acids is 2. The molecule has 5 nitrogen and oxygen atoms in total. The molecule has 1 aromatic carbocycles. The molecule has 2 amide bonds. The van der Waals surface area contributed by atoms with Crippen molar-refractivity contribution in [3.8, 4) is 5.75 Å². The van der Waals surface area contributed by atoms with Crippen LogP contribution in [0.25, 0.3) is 0 Å². The maximum Gasteiger partial charge on any atom is 0.225 e. The van der Waals surface area contributed by atoms with Gasteiger partial charge in [0.25, 0.3) is 0 Å². The predicted octanol–water partition coefficient (Wildman–Crippen LogP) is 3.16. The molecule has 1 saturated heterocycles. The smallest absolute Gasteiger partial charge is 0.225 e. The molecule has 1 aliphatic rings. The van der Waals surface area contributed by atoms with Crippen molar-refractivity contribution in [3.63, 3.8) is 0 Å². The molecule has 1 heterocycles. The number of nitrogens with zero attached hydrogens (tertiary/aromatic N) is 1. The van der Waals surface area contributed by atoms with Gasteiger partial charge in [-0.2, -0.15) is 0 Å². The number of rotatable bonds is 6. The molecular formula is C20H30N2O3. The molecule has 0 aromatic heterocycles. The Bertz CT molecular complexity index is 575. The number of ether oxygens (including phenoxy) is 1. The summed E-state index contributed by atoms with van der Waals surface area (Å²) in [6.45, 7) is 9.77. The minimum absolute atomic E-state index is 0.0126. The maximum absolute atomic E-state index is 12.5. The highest BCUT2D eigenvalue weighted by atomic mass is 16.5. The van der Waals surface area contributed by atoms with Gasteiger partial charge in [0.1, 0.15) is 5.75 Å². The van der Waals surface area contributed by atoms with E-state index in [0.717, 1.165) is 24.2 Å². The average Bonchev–Trinajstić information content (AvgIpc) is 2.62. The zero-order valence-corrected chi connectivity index (χ0v) is 15.7. The van der Waals surface area contributed by atoms with E-state index in [4.69, 9.17) is 4.74 Å². The van der Waals surface area contributed by atoms with Crippen LogP contribution in [0.2, 0.25) is 0 Å². The molecule has 1 aliphatic heterocycles. The molecule has 1 aromatic rings. The van der Waals surface area contributed by atoms with Crippen LogP contribution in [0.15, 0.2) is 24.3 Å². The van der Waals surface area contributed by atoms with Crippen LogP contribution in [0, 0.1) is 11.8 Å². The van der Waals surface area contributed by atoms with Gasteiger partial charge in [0.15, 0.2) is 0 Å². The summed E-state index contributed by atoms with van der Waals surface area (Å²) in [5, 5.41) is 3.10. The van der Waals surface area contributed by atoms with Crippen molar-refractivity contribution in [2.24, 2.45) is 11.8 Å². The molecular weight excluding hydrogens is 316 g/mol. The summed E-state index contributed by atoms with van der Waals surface area (Å²) in [4.78, 5) is 26.4. The molecule has 25 heavy (non-hydrogen) atoms. The highest BCUT2D eigenvalue weighted by Crippen LogP contribution is 2.22. The van der Waals surface area contributed by atoms with E-state index in [1.54, 1.807) is 0 Å². The van der Waals surface area contributed by atoms with Gasteiger partial charge in [-0.3, -0.25) is 9.59 Å². The first kappa shape index (κ1) is 19.3. The van der Waals surface area contributed by atoms with Gasteiger partial charge in [-0.05, 0) is 44.4 Å². The van der Waals surface area contributed by atoms with E-state index in [0.29, 0.717) is 19.7 Å². The Kier molecular flexibility index (Phi) is 6.85. The number of carbonyl (C=O) groups is 2. The molecule has 0 saturated carbocycles. The van der Waals surface area contributed by atoms with Crippen molar-refractivity contribution in [1.82, 2.24) is 10.2 Å². The number of likely N-dealkylation sites (tertiary alicyclic amines) is 1. The van der Waals surface area contributed by atoms with Gasteiger partial charge in [0, 0.05) is 24.9 Å². The third-order valence-electron chi connectivity index (χ3n) is 4.72. The second-order valence-corrected chi connectivity index (χ2v) is 6.99. The first-order valence-electron chi connectivity index (χ1n) is 9.24. The van der Waals surface area contributed by atoms with E-state index in [1.165, 1.54) is 0 Å². The van der Waals surface area contributed by atoms with Gasteiger partial charge < -0.3 is 15.0 Å². The van der Waals surface area contributed by atoms with Crippen LogP contribution in [0.3, 0.4) is 0 Å². The van der Waals surface area contributed by atoms with Crippen molar-refractivity contribution in [3.05, 3.63) is 29.8 Å². The molecule has 138 valence electrons. The summed E-state index contributed by atoms with van der Waals surface area (Å²) in [6, 6.07) is 7.79. The quantitative estimate of drug-likeness (QED) is 0.861. The molecule has 1 atom stereocenters. The highest BCUT2D eigenvalue weighted by Gasteiger charge is 2.28. The Hall–Kier alpha value is -2.04. The zero-order valence-electron chi connectivity index (χ0n) is 15.7. The molecule has 0 spiro atoms. The summed E-state index contributed by atoms with van der Waals surface area (Å²) in [7, 11) is 0. The number of hydrogen-bond donors (Lipinski definition) is 1. The first-order valence-corrected chi connectivity index (χ1v) is 9.24. The summed E-state index contributed by atoms with van der Waals surface area (Å²) >= 11 is 0. The molecule has 1 unspecified atom stereocenters. The lowest BCUT2D eigenvalue weighted by atomic mass is 9.94. The Morgan fingerprint density at radius 2 is 1.76 bits per heavy atom. The van der Waals surface area contributed by atoms with Crippen molar-refractivity contribution >= 4 is 11.8 Å². The Morgan fingerprint density at radius 3 is 2.28 bits per heavy atom. The largest absolute Gasteiger partial charge is 0.494 e. The van der Waals surface area contributed by atoms with Gasteiger partial charge in [0.05, 0.1) is 12.6 Å².